The van der Waals surface area contributed by atoms with E-state index in [0.29, 0.717) is 19.3 Å². The third-order valence-corrected chi connectivity index (χ3v) is 6.51. The molecule has 0 aromatic carbocycles. The van der Waals surface area contributed by atoms with E-state index in [1.165, 1.54) is 18.2 Å². The summed E-state index contributed by atoms with van der Waals surface area (Å²) in [6, 6.07) is 0. The molecule has 130 valence electrons. The monoisotopic (exact) mass is 357 g/mol. The average molecular weight is 357 g/mol. The SMILES string of the molecule is O=C1N=C(COC2CCC2)C2=C3C(=C(c4cn[nH]c4)SC13)OCCC2. The van der Waals surface area contributed by atoms with Gasteiger partial charge in [-0.05, 0) is 37.7 Å². The molecule has 0 spiro atoms. The minimum absolute atomic E-state index is 0.0996. The van der Waals surface area contributed by atoms with Gasteiger partial charge < -0.3 is 9.47 Å². The summed E-state index contributed by atoms with van der Waals surface area (Å²) in [5.41, 5.74) is 3.94. The van der Waals surface area contributed by atoms with Gasteiger partial charge in [-0.25, -0.2) is 4.99 Å². The van der Waals surface area contributed by atoms with Gasteiger partial charge in [-0.3, -0.25) is 9.89 Å². The molecule has 5 rings (SSSR count). The number of carbonyl (C=O) groups excluding carboxylic acids is 1. The number of aromatic amines is 1. The second-order valence-corrected chi connectivity index (χ2v) is 7.86. The van der Waals surface area contributed by atoms with Crippen LogP contribution in [0.15, 0.2) is 34.3 Å². The molecule has 3 aliphatic heterocycles. The minimum Gasteiger partial charge on any atom is -0.492 e. The number of aliphatic imine (C=N–C) groups is 1. The van der Waals surface area contributed by atoms with Gasteiger partial charge >= 0.3 is 0 Å². The van der Waals surface area contributed by atoms with Crippen molar-refractivity contribution in [1.82, 2.24) is 10.2 Å². The van der Waals surface area contributed by atoms with Crippen LogP contribution < -0.4 is 0 Å². The van der Waals surface area contributed by atoms with E-state index in [1.54, 1.807) is 6.20 Å². The smallest absolute Gasteiger partial charge is 0.264 e. The number of hydrogen-bond acceptors (Lipinski definition) is 5. The van der Waals surface area contributed by atoms with E-state index in [1.807, 2.05) is 6.20 Å². The second-order valence-electron chi connectivity index (χ2n) is 6.75. The Morgan fingerprint density at radius 1 is 1.36 bits per heavy atom. The van der Waals surface area contributed by atoms with Crippen LogP contribution in [0.2, 0.25) is 0 Å². The molecule has 4 aliphatic rings. The van der Waals surface area contributed by atoms with Gasteiger partial charge in [0.15, 0.2) is 0 Å². The average Bonchev–Trinajstić information content (AvgIpc) is 3.15. The summed E-state index contributed by atoms with van der Waals surface area (Å²) < 4.78 is 12.0. The molecule has 1 unspecified atom stereocenters. The first-order chi connectivity index (χ1) is 12.3. The minimum atomic E-state index is -0.291. The van der Waals surface area contributed by atoms with Crippen molar-refractivity contribution < 1.29 is 14.3 Å². The molecule has 1 aromatic heterocycles. The molecule has 1 aromatic rings. The summed E-state index contributed by atoms with van der Waals surface area (Å²) in [6.45, 7) is 1.09. The third kappa shape index (κ3) is 2.57. The van der Waals surface area contributed by atoms with Crippen LogP contribution >= 0.6 is 11.8 Å². The molecule has 1 fully saturated rings. The maximum Gasteiger partial charge on any atom is 0.264 e. The Kier molecular flexibility index (Phi) is 3.78. The van der Waals surface area contributed by atoms with Gasteiger partial charge in [-0.1, -0.05) is 0 Å². The number of rotatable bonds is 4. The number of ether oxygens (including phenoxy) is 2. The van der Waals surface area contributed by atoms with Gasteiger partial charge in [0.1, 0.15) is 11.0 Å². The lowest BCUT2D eigenvalue weighted by molar-refractivity contribution is -0.116. The summed E-state index contributed by atoms with van der Waals surface area (Å²) in [4.78, 5) is 18.1. The number of amides is 1. The van der Waals surface area contributed by atoms with Crippen molar-refractivity contribution in [2.45, 2.75) is 43.5 Å². The lowest BCUT2D eigenvalue weighted by Crippen LogP contribution is -2.31. The Bertz CT molecular complexity index is 806. The molecule has 1 N–H and O–H groups in total. The molecule has 1 amide bonds. The summed E-state index contributed by atoms with van der Waals surface area (Å²) >= 11 is 1.53. The molecule has 25 heavy (non-hydrogen) atoms. The number of carbonyl (C=O) groups is 1. The standard InChI is InChI=1S/C18H19N3O3S/c22-18-17-14-12(13(21-18)9-24-11-3-1-4-11)5-2-6-23-15(14)16(25-17)10-7-19-20-8-10/h7-8,11,17H,1-6,9H2,(H,19,20). The second kappa shape index (κ2) is 6.14. The van der Waals surface area contributed by atoms with Crippen molar-refractivity contribution in [3.05, 3.63) is 34.9 Å². The van der Waals surface area contributed by atoms with Crippen molar-refractivity contribution >= 4 is 28.3 Å². The predicted molar refractivity (Wildman–Crippen MR) is 95.1 cm³/mol. The molecular weight excluding hydrogens is 338 g/mol. The molecule has 0 saturated heterocycles. The largest absolute Gasteiger partial charge is 0.492 e. The Hall–Kier alpha value is -1.86. The zero-order valence-corrected chi connectivity index (χ0v) is 14.6. The quantitative estimate of drug-likeness (QED) is 0.897. The number of hydrogen-bond donors (Lipinski definition) is 1. The molecular formula is C18H19N3O3S. The molecule has 1 atom stereocenters. The summed E-state index contributed by atoms with van der Waals surface area (Å²) in [6.07, 6.45) is 9.22. The maximum absolute atomic E-state index is 12.7. The number of aromatic nitrogens is 2. The molecule has 0 radical (unpaired) electrons. The zero-order chi connectivity index (χ0) is 16.8. The highest BCUT2D eigenvalue weighted by molar-refractivity contribution is 8.10. The van der Waals surface area contributed by atoms with E-state index in [2.05, 4.69) is 15.2 Å². The Morgan fingerprint density at radius 3 is 3.04 bits per heavy atom. The number of dihydropyridines is 1. The summed E-state index contributed by atoms with van der Waals surface area (Å²) in [5.74, 6) is 0.741. The van der Waals surface area contributed by atoms with E-state index in [9.17, 15) is 4.79 Å². The van der Waals surface area contributed by atoms with Crippen molar-refractivity contribution in [1.29, 1.82) is 0 Å². The predicted octanol–water partition coefficient (Wildman–Crippen LogP) is 2.85. The van der Waals surface area contributed by atoms with Gasteiger partial charge in [0.05, 0.1) is 36.1 Å². The van der Waals surface area contributed by atoms with Crippen LogP contribution in [-0.4, -0.2) is 46.4 Å². The highest BCUT2D eigenvalue weighted by Gasteiger charge is 2.43. The molecule has 6 nitrogen and oxygen atoms in total. The normalized spacial score (nSPS) is 26.2. The van der Waals surface area contributed by atoms with Crippen molar-refractivity contribution in [3.63, 3.8) is 0 Å². The first-order valence-electron chi connectivity index (χ1n) is 8.81. The van der Waals surface area contributed by atoms with Gasteiger partial charge in [0.25, 0.3) is 5.91 Å². The lowest BCUT2D eigenvalue weighted by Gasteiger charge is -2.27. The summed E-state index contributed by atoms with van der Waals surface area (Å²) in [5, 5.41) is 6.58. The van der Waals surface area contributed by atoms with Crippen LogP contribution in [0.5, 0.6) is 0 Å². The van der Waals surface area contributed by atoms with Crippen molar-refractivity contribution in [2.24, 2.45) is 4.99 Å². The van der Waals surface area contributed by atoms with Crippen molar-refractivity contribution in [2.75, 3.05) is 13.2 Å². The van der Waals surface area contributed by atoms with Gasteiger partial charge in [-0.15, -0.1) is 11.8 Å². The van der Waals surface area contributed by atoms with Crippen LogP contribution in [0.1, 0.15) is 37.7 Å². The van der Waals surface area contributed by atoms with Crippen LogP contribution in [0, 0.1) is 0 Å². The number of nitrogens with zero attached hydrogens (tertiary/aromatic N) is 2. The first-order valence-corrected chi connectivity index (χ1v) is 9.69. The van der Waals surface area contributed by atoms with Gasteiger partial charge in [0.2, 0.25) is 0 Å². The van der Waals surface area contributed by atoms with Crippen molar-refractivity contribution in [3.8, 4) is 0 Å². The highest BCUT2D eigenvalue weighted by Crippen LogP contribution is 2.51. The first kappa shape index (κ1) is 15.4. The fourth-order valence-corrected chi connectivity index (χ4v) is 4.91. The number of allylic oxidation sites excluding steroid dienone is 1. The van der Waals surface area contributed by atoms with E-state index in [-0.39, 0.29) is 11.2 Å². The van der Waals surface area contributed by atoms with E-state index in [4.69, 9.17) is 9.47 Å². The molecule has 0 bridgehead atoms. The van der Waals surface area contributed by atoms with E-state index < -0.39 is 0 Å². The molecule has 4 heterocycles. The maximum atomic E-state index is 12.7. The third-order valence-electron chi connectivity index (χ3n) is 5.18. The fraction of sp³-hybridized carbons (Fsp3) is 0.500. The number of H-pyrrole nitrogens is 1. The number of nitrogens with one attached hydrogen (secondary N) is 1. The highest BCUT2D eigenvalue weighted by atomic mass is 32.2. The Labute approximate surface area is 149 Å². The van der Waals surface area contributed by atoms with Crippen LogP contribution in [0.3, 0.4) is 0 Å². The van der Waals surface area contributed by atoms with Crippen LogP contribution in [-0.2, 0) is 14.3 Å². The molecule has 7 heteroatoms. The lowest BCUT2D eigenvalue weighted by atomic mass is 9.92. The fourth-order valence-electron chi connectivity index (χ4n) is 3.63. The van der Waals surface area contributed by atoms with E-state index >= 15 is 0 Å². The van der Waals surface area contributed by atoms with Crippen LogP contribution in [0.25, 0.3) is 4.91 Å². The Balaban J connectivity index is 1.54. The topological polar surface area (TPSA) is 76.6 Å². The van der Waals surface area contributed by atoms with Gasteiger partial charge in [-0.2, -0.15) is 5.10 Å². The molecule has 1 saturated carbocycles. The number of thioether (sulfide) groups is 1. The zero-order valence-electron chi connectivity index (χ0n) is 13.8. The van der Waals surface area contributed by atoms with E-state index in [0.717, 1.165) is 58.8 Å². The molecule has 1 aliphatic carbocycles. The summed E-state index contributed by atoms with van der Waals surface area (Å²) in [7, 11) is 0. The van der Waals surface area contributed by atoms with Crippen LogP contribution in [0.4, 0.5) is 0 Å². The van der Waals surface area contributed by atoms with Gasteiger partial charge in [0, 0.05) is 17.3 Å². The Morgan fingerprint density at radius 2 is 2.28 bits per heavy atom.